The number of cyclic esters (lactones) is 1. The Morgan fingerprint density at radius 2 is 1.45 bits per heavy atom. The van der Waals surface area contributed by atoms with Crippen LogP contribution in [0.2, 0.25) is 0 Å². The van der Waals surface area contributed by atoms with Crippen LogP contribution in [0.1, 0.15) is 98.1 Å². The van der Waals surface area contributed by atoms with Crippen LogP contribution < -0.4 is 0 Å². The maximum atomic E-state index is 14.3. The number of pyridine rings is 1. The fourth-order valence-corrected chi connectivity index (χ4v) is 9.44. The number of hydrogen-bond acceptors (Lipinski definition) is 20. The zero-order valence-electron chi connectivity index (χ0n) is 35.1. The molecule has 4 aliphatic rings. The van der Waals surface area contributed by atoms with Crippen molar-refractivity contribution in [1.29, 1.82) is 0 Å². The molecule has 1 spiro atoms. The Morgan fingerprint density at radius 1 is 0.850 bits per heavy atom. The van der Waals surface area contributed by atoms with Gasteiger partial charge in [-0.3, -0.25) is 33.8 Å². The number of hydrogen-bond donors (Lipinski definition) is 2. The molecule has 2 aliphatic heterocycles. The van der Waals surface area contributed by atoms with Gasteiger partial charge in [-0.05, 0) is 39.8 Å². The first-order chi connectivity index (χ1) is 27.7. The van der Waals surface area contributed by atoms with Crippen molar-refractivity contribution in [2.45, 2.75) is 141 Å². The fourth-order valence-electron chi connectivity index (χ4n) is 9.44. The Morgan fingerprint density at radius 3 is 2.02 bits per heavy atom. The number of ether oxygens (including phenoxy) is 9. The van der Waals surface area contributed by atoms with Crippen molar-refractivity contribution < 1.29 is 91.2 Å². The molecule has 20 nitrogen and oxygen atoms in total. The maximum absolute atomic E-state index is 14.3. The summed E-state index contributed by atoms with van der Waals surface area (Å²) in [7, 11) is 0. The molecule has 5 rings (SSSR count). The average Bonchev–Trinajstić information content (AvgIpc) is 3.35. The van der Waals surface area contributed by atoms with Crippen molar-refractivity contribution >= 4 is 47.8 Å². The molecule has 4 bridgehead atoms. The van der Waals surface area contributed by atoms with Crippen LogP contribution in [-0.2, 0) is 76.2 Å². The van der Waals surface area contributed by atoms with E-state index in [1.165, 1.54) is 32.2 Å². The summed E-state index contributed by atoms with van der Waals surface area (Å²) in [5.74, 6) is -12.2. The Bertz CT molecular complexity index is 1960. The SMILES string of the molecule is CC(=O)OC[C@]12[C@H](OC(=O)C(C)(C)OC(C)=O)[C@H](OC(C)=O)[C@@H]3[C@@H](OC(C)=O)[C@@]14O[C@@]3(C)COC(=O)c1cccnc1[C@H](C)[C@H](C)C(=O)O[C@@H]([C@H](O)[C@@H]2OC(C)=O)[C@]4(C)O. The number of carbonyl (C=O) groups excluding carboxylic acids is 8. The summed E-state index contributed by atoms with van der Waals surface area (Å²) in [4.78, 5) is 112. The molecule has 0 amide bonds. The highest BCUT2D eigenvalue weighted by molar-refractivity contribution is 5.91. The van der Waals surface area contributed by atoms with Gasteiger partial charge in [0.25, 0.3) is 0 Å². The molecule has 1 aromatic rings. The third-order valence-corrected chi connectivity index (χ3v) is 12.0. The van der Waals surface area contributed by atoms with E-state index in [1.807, 2.05) is 0 Å². The lowest BCUT2D eigenvalue weighted by atomic mass is 9.45. The predicted molar refractivity (Wildman–Crippen MR) is 196 cm³/mol. The summed E-state index contributed by atoms with van der Waals surface area (Å²) in [6.07, 6.45) is -11.5. The number of nitrogens with zero attached hydrogens (tertiary/aromatic N) is 1. The Hall–Kier alpha value is -5.21. The molecule has 1 aromatic heterocycles. The molecule has 20 heteroatoms. The molecular formula is C40H51NO19. The lowest BCUT2D eigenvalue weighted by molar-refractivity contribution is -0.387. The first-order valence-corrected chi connectivity index (χ1v) is 19.2. The van der Waals surface area contributed by atoms with Crippen molar-refractivity contribution in [2.75, 3.05) is 13.2 Å². The van der Waals surface area contributed by atoms with E-state index in [9.17, 15) is 48.6 Å². The number of aromatic nitrogens is 1. The van der Waals surface area contributed by atoms with E-state index in [-0.39, 0.29) is 11.3 Å². The second kappa shape index (κ2) is 16.0. The van der Waals surface area contributed by atoms with Gasteiger partial charge in [-0.2, -0.15) is 0 Å². The molecule has 2 N–H and O–H groups in total. The second-order valence-electron chi connectivity index (χ2n) is 16.6. The highest BCUT2D eigenvalue weighted by Crippen LogP contribution is 2.70. The highest BCUT2D eigenvalue weighted by atomic mass is 16.7. The number of aliphatic hydroxyl groups excluding tert-OH is 1. The van der Waals surface area contributed by atoms with Gasteiger partial charge in [0.1, 0.15) is 54.2 Å². The van der Waals surface area contributed by atoms with E-state index in [1.54, 1.807) is 6.92 Å². The fraction of sp³-hybridized carbons (Fsp3) is 0.675. The number of rotatable bonds is 8. The summed E-state index contributed by atoms with van der Waals surface area (Å²) in [5.41, 5.74) is -12.7. The van der Waals surface area contributed by atoms with Crippen LogP contribution >= 0.6 is 0 Å². The van der Waals surface area contributed by atoms with Crippen LogP contribution in [0.25, 0.3) is 0 Å². The molecule has 3 fully saturated rings. The van der Waals surface area contributed by atoms with E-state index >= 15 is 0 Å². The number of fused-ring (bicyclic) bond motifs is 5. The summed E-state index contributed by atoms with van der Waals surface area (Å²) < 4.78 is 53.7. The second-order valence-corrected chi connectivity index (χ2v) is 16.6. The van der Waals surface area contributed by atoms with Crippen LogP contribution in [0.5, 0.6) is 0 Å². The number of esters is 8. The average molecular weight is 850 g/mol. The molecule has 2 saturated carbocycles. The van der Waals surface area contributed by atoms with Crippen LogP contribution in [0.3, 0.4) is 0 Å². The Balaban J connectivity index is 1.98. The van der Waals surface area contributed by atoms with Crippen LogP contribution in [0.15, 0.2) is 18.3 Å². The lowest BCUT2D eigenvalue weighted by Crippen LogP contribution is -2.89. The lowest BCUT2D eigenvalue weighted by Gasteiger charge is -2.67. The van der Waals surface area contributed by atoms with Crippen molar-refractivity contribution in [3.63, 3.8) is 0 Å². The Kier molecular flexibility index (Phi) is 12.2. The van der Waals surface area contributed by atoms with E-state index in [0.29, 0.717) is 0 Å². The quantitative estimate of drug-likeness (QED) is 0.270. The molecule has 13 atom stereocenters. The predicted octanol–water partition coefficient (Wildman–Crippen LogP) is 0.785. The third kappa shape index (κ3) is 7.35. The van der Waals surface area contributed by atoms with Gasteiger partial charge >= 0.3 is 47.8 Å². The van der Waals surface area contributed by atoms with Crippen molar-refractivity contribution in [3.05, 3.63) is 29.6 Å². The molecule has 330 valence electrons. The maximum Gasteiger partial charge on any atom is 0.350 e. The van der Waals surface area contributed by atoms with E-state index in [2.05, 4.69) is 4.98 Å². The van der Waals surface area contributed by atoms with Gasteiger partial charge in [0, 0.05) is 46.7 Å². The van der Waals surface area contributed by atoms with Crippen LogP contribution in [0.4, 0.5) is 0 Å². The molecule has 1 saturated heterocycles. The monoisotopic (exact) mass is 849 g/mol. The summed E-state index contributed by atoms with van der Waals surface area (Å²) >= 11 is 0. The minimum absolute atomic E-state index is 0.0663. The Labute approximate surface area is 344 Å². The molecule has 0 aromatic carbocycles. The van der Waals surface area contributed by atoms with Gasteiger partial charge in [0.2, 0.25) is 5.60 Å². The molecule has 0 radical (unpaired) electrons. The van der Waals surface area contributed by atoms with Crippen molar-refractivity contribution in [1.82, 2.24) is 4.98 Å². The van der Waals surface area contributed by atoms with Gasteiger partial charge in [0.15, 0.2) is 17.8 Å². The van der Waals surface area contributed by atoms with Gasteiger partial charge in [-0.15, -0.1) is 0 Å². The van der Waals surface area contributed by atoms with E-state index in [0.717, 1.165) is 55.4 Å². The minimum atomic E-state index is -2.89. The van der Waals surface area contributed by atoms with Gasteiger partial charge < -0.3 is 52.8 Å². The number of carbonyl (C=O) groups is 8. The minimum Gasteiger partial charge on any atom is -0.465 e. The topological polar surface area (TPSA) is 273 Å². The molecule has 3 heterocycles. The zero-order valence-corrected chi connectivity index (χ0v) is 35.1. The highest BCUT2D eigenvalue weighted by Gasteiger charge is 2.91. The normalized spacial score (nSPS) is 37.2. The standard InChI is InChI=1S/C40H51NO19/c1-17-18(2)33(48)57-30-27(47)31(56-22(6)45)39(16-52-19(3)42)32(58-35(50)36(8,9)59-23(7)46)28(54-20(4)43)25-29(55-21(5)44)40(39,38(30,11)51)60-37(25,10)15-53-34(49)24-13-12-14-41-26(17)24/h12-14,17-18,25,27-32,47,51H,15-16H2,1-11H3/t17-,18+,25-,27+,28-,29-,30+,31+,32-,37+,38+,39+,40+/m1/s1. The molecular weight excluding hydrogens is 798 g/mol. The molecule has 0 unspecified atom stereocenters. The third-order valence-electron chi connectivity index (χ3n) is 12.0. The van der Waals surface area contributed by atoms with E-state index in [4.69, 9.17) is 42.6 Å². The van der Waals surface area contributed by atoms with Crippen LogP contribution in [-0.4, -0.2) is 135 Å². The van der Waals surface area contributed by atoms with Gasteiger partial charge in [0.05, 0.1) is 23.1 Å². The summed E-state index contributed by atoms with van der Waals surface area (Å²) in [5, 5.41) is 25.8. The van der Waals surface area contributed by atoms with Gasteiger partial charge in [-0.1, -0.05) is 13.8 Å². The van der Waals surface area contributed by atoms with Gasteiger partial charge in [-0.25, -0.2) is 9.59 Å². The first kappa shape index (κ1) is 45.9. The first-order valence-electron chi connectivity index (χ1n) is 19.2. The van der Waals surface area contributed by atoms with E-state index < -0.39 is 143 Å². The molecule has 2 aliphatic carbocycles. The van der Waals surface area contributed by atoms with Crippen molar-refractivity contribution in [2.24, 2.45) is 17.3 Å². The summed E-state index contributed by atoms with van der Waals surface area (Å²) in [6, 6.07) is 2.86. The smallest absolute Gasteiger partial charge is 0.350 e. The zero-order chi connectivity index (χ0) is 45.1. The number of aliphatic hydroxyl groups is 2. The van der Waals surface area contributed by atoms with Crippen molar-refractivity contribution in [3.8, 4) is 0 Å². The van der Waals surface area contributed by atoms with Crippen LogP contribution in [0, 0.1) is 17.3 Å². The summed E-state index contributed by atoms with van der Waals surface area (Å²) in [6.45, 7) is 10.6. The largest absolute Gasteiger partial charge is 0.465 e. The molecule has 60 heavy (non-hydrogen) atoms.